The lowest BCUT2D eigenvalue weighted by Crippen LogP contribution is -2.08. The average Bonchev–Trinajstić information content (AvgIpc) is 3.11. The minimum atomic E-state index is 0.814. The molecule has 0 spiro atoms. The third-order valence-electron chi connectivity index (χ3n) is 4.38. The Morgan fingerprint density at radius 2 is 1.62 bits per heavy atom. The average molecular weight is 359 g/mol. The molecule has 4 heteroatoms. The third-order valence-corrected chi connectivity index (χ3v) is 5.46. The maximum Gasteiger partial charge on any atom is 0.124 e. The Kier molecular flexibility index (Phi) is 4.59. The van der Waals surface area contributed by atoms with E-state index in [4.69, 9.17) is 4.98 Å². The molecule has 0 saturated heterocycles. The number of rotatable bonds is 5. The maximum atomic E-state index is 4.72. The van der Waals surface area contributed by atoms with E-state index in [-0.39, 0.29) is 0 Å². The summed E-state index contributed by atoms with van der Waals surface area (Å²) in [4.78, 5) is 6.83. The van der Waals surface area contributed by atoms with E-state index in [0.717, 1.165) is 28.3 Å². The monoisotopic (exact) mass is 359 g/mol. The van der Waals surface area contributed by atoms with E-state index in [2.05, 4.69) is 91.0 Å². The molecule has 0 saturated carbocycles. The molecule has 1 N–H and O–H groups in total. The van der Waals surface area contributed by atoms with Crippen LogP contribution in [0.4, 0.5) is 11.4 Å². The molecule has 0 amide bonds. The fourth-order valence-electron chi connectivity index (χ4n) is 2.84. The molecule has 3 nitrogen and oxygen atoms in total. The van der Waals surface area contributed by atoms with Gasteiger partial charge in [-0.25, -0.2) is 4.98 Å². The number of nitrogens with zero attached hydrogens (tertiary/aromatic N) is 2. The van der Waals surface area contributed by atoms with Gasteiger partial charge in [-0.05, 0) is 54.1 Å². The van der Waals surface area contributed by atoms with Crippen LogP contribution in [0.5, 0.6) is 0 Å². The van der Waals surface area contributed by atoms with Gasteiger partial charge in [0.05, 0.1) is 10.2 Å². The lowest BCUT2D eigenvalue weighted by molar-refractivity contribution is 1.11. The van der Waals surface area contributed by atoms with Crippen LogP contribution in [0.3, 0.4) is 0 Å². The Bertz CT molecular complexity index is 969. The maximum absolute atomic E-state index is 4.72. The van der Waals surface area contributed by atoms with E-state index < -0.39 is 0 Å². The summed E-state index contributed by atoms with van der Waals surface area (Å²) in [7, 11) is 4.11. The molecule has 0 unspecified atom stereocenters. The number of hydrogen-bond acceptors (Lipinski definition) is 4. The fourth-order valence-corrected chi connectivity index (χ4v) is 3.81. The molecular formula is C22H21N3S. The second-order valence-corrected chi connectivity index (χ2v) is 7.51. The van der Waals surface area contributed by atoms with Crippen LogP contribution in [0.15, 0.2) is 72.8 Å². The van der Waals surface area contributed by atoms with E-state index in [0.29, 0.717) is 0 Å². The van der Waals surface area contributed by atoms with Crippen molar-refractivity contribution in [3.05, 3.63) is 78.4 Å². The van der Waals surface area contributed by atoms with Crippen molar-refractivity contribution in [3.8, 4) is 10.6 Å². The largest absolute Gasteiger partial charge is 0.381 e. The van der Waals surface area contributed by atoms with E-state index >= 15 is 0 Å². The molecular weight excluding hydrogens is 338 g/mol. The lowest BCUT2D eigenvalue weighted by Gasteiger charge is -2.13. The molecule has 0 atom stereocenters. The molecule has 1 heterocycles. The summed E-state index contributed by atoms with van der Waals surface area (Å²) < 4.78 is 1.23. The van der Waals surface area contributed by atoms with Gasteiger partial charge in [-0.2, -0.15) is 0 Å². The summed E-state index contributed by atoms with van der Waals surface area (Å²) in [6.45, 7) is 0.814. The van der Waals surface area contributed by atoms with Crippen LogP contribution in [0.1, 0.15) is 5.56 Å². The van der Waals surface area contributed by atoms with Crippen molar-refractivity contribution in [2.24, 2.45) is 0 Å². The van der Waals surface area contributed by atoms with Crippen molar-refractivity contribution < 1.29 is 0 Å². The zero-order valence-electron chi connectivity index (χ0n) is 14.9. The summed E-state index contributed by atoms with van der Waals surface area (Å²) in [6, 6.07) is 25.4. The molecule has 0 fully saturated rings. The molecule has 0 aliphatic rings. The highest BCUT2D eigenvalue weighted by Crippen LogP contribution is 2.30. The van der Waals surface area contributed by atoms with Crippen molar-refractivity contribution in [1.29, 1.82) is 0 Å². The number of benzene rings is 3. The molecule has 1 aromatic heterocycles. The van der Waals surface area contributed by atoms with Crippen LogP contribution in [0.25, 0.3) is 20.8 Å². The van der Waals surface area contributed by atoms with E-state index in [9.17, 15) is 0 Å². The summed E-state index contributed by atoms with van der Waals surface area (Å²) in [5.74, 6) is 0. The smallest absolute Gasteiger partial charge is 0.124 e. The van der Waals surface area contributed by atoms with Gasteiger partial charge < -0.3 is 10.2 Å². The standard InChI is InChI=1S/C22H21N3S/c1-25(2)19-13-7-16(8-14-19)15-23-18-11-9-17(10-12-18)22-24-20-5-3-4-6-21(20)26-22/h3-14,23H,15H2,1-2H3. The van der Waals surface area contributed by atoms with Crippen LogP contribution in [-0.4, -0.2) is 19.1 Å². The summed E-state index contributed by atoms with van der Waals surface area (Å²) in [5.41, 5.74) is 5.83. The number of anilines is 2. The Hall–Kier alpha value is -2.85. The third kappa shape index (κ3) is 3.55. The number of nitrogens with one attached hydrogen (secondary N) is 1. The Morgan fingerprint density at radius 1 is 0.885 bits per heavy atom. The van der Waals surface area contributed by atoms with Crippen molar-refractivity contribution in [1.82, 2.24) is 4.98 Å². The van der Waals surface area contributed by atoms with E-state index in [1.165, 1.54) is 16.0 Å². The van der Waals surface area contributed by atoms with Gasteiger partial charge in [0.2, 0.25) is 0 Å². The predicted octanol–water partition coefficient (Wildman–Crippen LogP) is 5.64. The highest BCUT2D eigenvalue weighted by atomic mass is 32.1. The first-order chi connectivity index (χ1) is 12.7. The summed E-state index contributed by atoms with van der Waals surface area (Å²) in [5, 5.41) is 4.55. The Morgan fingerprint density at radius 3 is 2.31 bits per heavy atom. The predicted molar refractivity (Wildman–Crippen MR) is 113 cm³/mol. The van der Waals surface area contributed by atoms with Crippen molar-refractivity contribution >= 4 is 32.9 Å². The molecule has 4 aromatic rings. The zero-order chi connectivity index (χ0) is 17.9. The quantitative estimate of drug-likeness (QED) is 0.500. The number of thiazole rings is 1. The van der Waals surface area contributed by atoms with Gasteiger partial charge in [-0.15, -0.1) is 11.3 Å². The normalized spacial score (nSPS) is 10.8. The Balaban J connectivity index is 1.44. The van der Waals surface area contributed by atoms with Gasteiger partial charge in [-0.1, -0.05) is 24.3 Å². The van der Waals surface area contributed by atoms with Crippen LogP contribution in [0, 0.1) is 0 Å². The summed E-state index contributed by atoms with van der Waals surface area (Å²) in [6.07, 6.45) is 0. The topological polar surface area (TPSA) is 28.2 Å². The van der Waals surface area contributed by atoms with Crippen LogP contribution in [0.2, 0.25) is 0 Å². The number of para-hydroxylation sites is 1. The van der Waals surface area contributed by atoms with E-state index in [1.807, 2.05) is 6.07 Å². The molecule has 130 valence electrons. The number of fused-ring (bicyclic) bond motifs is 1. The minimum Gasteiger partial charge on any atom is -0.381 e. The molecule has 4 rings (SSSR count). The van der Waals surface area contributed by atoms with Gasteiger partial charge in [0.15, 0.2) is 0 Å². The first kappa shape index (κ1) is 16.6. The van der Waals surface area contributed by atoms with Crippen molar-refractivity contribution in [2.45, 2.75) is 6.54 Å². The molecule has 0 radical (unpaired) electrons. The second-order valence-electron chi connectivity index (χ2n) is 6.48. The zero-order valence-corrected chi connectivity index (χ0v) is 15.8. The molecule has 0 aliphatic heterocycles. The van der Waals surface area contributed by atoms with Gasteiger partial charge >= 0.3 is 0 Å². The highest BCUT2D eigenvalue weighted by Gasteiger charge is 2.05. The SMILES string of the molecule is CN(C)c1ccc(CNc2ccc(-c3nc4ccccc4s3)cc2)cc1. The van der Waals surface area contributed by atoms with E-state index in [1.54, 1.807) is 11.3 Å². The minimum absolute atomic E-state index is 0.814. The highest BCUT2D eigenvalue weighted by molar-refractivity contribution is 7.21. The summed E-state index contributed by atoms with van der Waals surface area (Å²) >= 11 is 1.73. The van der Waals surface area contributed by atoms with Gasteiger partial charge in [0.25, 0.3) is 0 Å². The van der Waals surface area contributed by atoms with Gasteiger partial charge in [0, 0.05) is 37.6 Å². The first-order valence-corrected chi connectivity index (χ1v) is 9.47. The van der Waals surface area contributed by atoms with Crippen LogP contribution in [-0.2, 0) is 6.54 Å². The lowest BCUT2D eigenvalue weighted by atomic mass is 10.2. The number of aromatic nitrogens is 1. The molecule has 0 aliphatic carbocycles. The molecule has 0 bridgehead atoms. The van der Waals surface area contributed by atoms with Gasteiger partial charge in [0.1, 0.15) is 5.01 Å². The van der Waals surface area contributed by atoms with Gasteiger partial charge in [-0.3, -0.25) is 0 Å². The Labute approximate surface area is 157 Å². The van der Waals surface area contributed by atoms with Crippen molar-refractivity contribution in [2.75, 3.05) is 24.3 Å². The molecule has 3 aromatic carbocycles. The van der Waals surface area contributed by atoms with Crippen LogP contribution < -0.4 is 10.2 Å². The second kappa shape index (κ2) is 7.18. The first-order valence-electron chi connectivity index (χ1n) is 8.65. The number of hydrogen-bond donors (Lipinski definition) is 1. The molecule has 26 heavy (non-hydrogen) atoms. The fraction of sp³-hybridized carbons (Fsp3) is 0.136. The van der Waals surface area contributed by atoms with Crippen molar-refractivity contribution in [3.63, 3.8) is 0 Å². The van der Waals surface area contributed by atoms with Crippen LogP contribution >= 0.6 is 11.3 Å².